The van der Waals surface area contributed by atoms with Crippen molar-refractivity contribution in [1.82, 2.24) is 0 Å². The summed E-state index contributed by atoms with van der Waals surface area (Å²) < 4.78 is 27.8. The van der Waals surface area contributed by atoms with Gasteiger partial charge < -0.3 is 0 Å². The summed E-state index contributed by atoms with van der Waals surface area (Å²) in [6, 6.07) is 19.0. The molecular formula is C18H13BrClNO3S. The van der Waals surface area contributed by atoms with Crippen molar-refractivity contribution >= 4 is 59.3 Å². The molecule has 0 radical (unpaired) electrons. The summed E-state index contributed by atoms with van der Waals surface area (Å²) in [4.78, 5) is 11.6. The predicted molar refractivity (Wildman–Crippen MR) is 103 cm³/mol. The Bertz CT molecular complexity index is 1040. The van der Waals surface area contributed by atoms with Crippen molar-refractivity contribution in [2.75, 3.05) is 10.8 Å². The molecule has 25 heavy (non-hydrogen) atoms. The molecule has 3 aromatic rings. The number of carbonyl (C=O) groups is 1. The lowest BCUT2D eigenvalue weighted by Gasteiger charge is -2.23. The van der Waals surface area contributed by atoms with Crippen LogP contribution >= 0.6 is 27.5 Å². The van der Waals surface area contributed by atoms with Crippen molar-refractivity contribution in [1.29, 1.82) is 0 Å². The zero-order valence-electron chi connectivity index (χ0n) is 12.9. The lowest BCUT2D eigenvalue weighted by molar-refractivity contribution is -0.110. The predicted octanol–water partition coefficient (Wildman–Crippen LogP) is 4.56. The van der Waals surface area contributed by atoms with Gasteiger partial charge in [-0.3, -0.25) is 9.10 Å². The lowest BCUT2D eigenvalue weighted by Crippen LogP contribution is -2.34. The van der Waals surface area contributed by atoms with Gasteiger partial charge in [0.15, 0.2) is 0 Å². The maximum Gasteiger partial charge on any atom is 0.264 e. The average Bonchev–Trinajstić information content (AvgIpc) is 2.59. The summed E-state index contributed by atoms with van der Waals surface area (Å²) in [5.74, 6) is 0. The Hall–Kier alpha value is -1.89. The van der Waals surface area contributed by atoms with Crippen LogP contribution < -0.4 is 4.31 Å². The van der Waals surface area contributed by atoms with E-state index in [4.69, 9.17) is 11.6 Å². The Labute approximate surface area is 159 Å². The van der Waals surface area contributed by atoms with Gasteiger partial charge in [0.2, 0.25) is 5.24 Å². The van der Waals surface area contributed by atoms with Crippen molar-refractivity contribution < 1.29 is 13.2 Å². The first-order chi connectivity index (χ1) is 11.9. The molecule has 7 heteroatoms. The van der Waals surface area contributed by atoms with Crippen LogP contribution in [-0.2, 0) is 14.8 Å². The molecule has 0 fully saturated rings. The van der Waals surface area contributed by atoms with E-state index < -0.39 is 21.8 Å². The Morgan fingerprint density at radius 2 is 1.60 bits per heavy atom. The first-order valence-corrected chi connectivity index (χ1v) is 9.94. The molecule has 0 amide bonds. The van der Waals surface area contributed by atoms with Gasteiger partial charge in [-0.05, 0) is 58.8 Å². The third kappa shape index (κ3) is 3.86. The quantitative estimate of drug-likeness (QED) is 0.549. The molecule has 0 saturated carbocycles. The van der Waals surface area contributed by atoms with E-state index in [1.807, 2.05) is 30.3 Å². The topological polar surface area (TPSA) is 54.5 Å². The average molecular weight is 439 g/mol. The molecule has 0 atom stereocenters. The Morgan fingerprint density at radius 3 is 2.24 bits per heavy atom. The maximum atomic E-state index is 13.0. The van der Waals surface area contributed by atoms with E-state index >= 15 is 0 Å². The first kappa shape index (κ1) is 17.9. The zero-order chi connectivity index (χ0) is 18.0. The van der Waals surface area contributed by atoms with Crippen molar-refractivity contribution in [3.8, 4) is 0 Å². The third-order valence-electron chi connectivity index (χ3n) is 3.69. The maximum absolute atomic E-state index is 13.0. The SMILES string of the molecule is O=C(Cl)CN(c1ccc2ccccc2c1)S(=O)(=O)c1ccc(Br)cc1. The minimum absolute atomic E-state index is 0.0850. The minimum atomic E-state index is -3.93. The summed E-state index contributed by atoms with van der Waals surface area (Å²) in [7, 11) is -3.93. The van der Waals surface area contributed by atoms with E-state index in [-0.39, 0.29) is 4.90 Å². The highest BCUT2D eigenvalue weighted by atomic mass is 79.9. The van der Waals surface area contributed by atoms with Gasteiger partial charge in [0, 0.05) is 4.47 Å². The molecule has 0 spiro atoms. The van der Waals surface area contributed by atoms with Crippen molar-refractivity contribution in [2.24, 2.45) is 0 Å². The standard InChI is InChI=1S/C18H13BrClNO3S/c19-15-6-9-17(10-7-15)25(23,24)21(12-18(20)22)16-8-5-13-3-1-2-4-14(13)11-16/h1-11H,12H2. The number of sulfonamides is 1. The first-order valence-electron chi connectivity index (χ1n) is 7.33. The number of nitrogens with zero attached hydrogens (tertiary/aromatic N) is 1. The van der Waals surface area contributed by atoms with Crippen molar-refractivity contribution in [3.63, 3.8) is 0 Å². The lowest BCUT2D eigenvalue weighted by atomic mass is 10.1. The number of fused-ring (bicyclic) bond motifs is 1. The van der Waals surface area contributed by atoms with Crippen molar-refractivity contribution in [3.05, 3.63) is 71.2 Å². The van der Waals surface area contributed by atoms with Gasteiger partial charge in [0.25, 0.3) is 10.0 Å². The van der Waals surface area contributed by atoms with Crippen LogP contribution in [0.5, 0.6) is 0 Å². The van der Waals surface area contributed by atoms with Gasteiger partial charge in [-0.1, -0.05) is 46.3 Å². The van der Waals surface area contributed by atoms with E-state index in [9.17, 15) is 13.2 Å². The Balaban J connectivity index is 2.12. The fourth-order valence-electron chi connectivity index (χ4n) is 2.49. The molecule has 3 aromatic carbocycles. The summed E-state index contributed by atoms with van der Waals surface area (Å²) in [5.41, 5.74) is 0.385. The van der Waals surface area contributed by atoms with E-state index in [0.29, 0.717) is 5.69 Å². The van der Waals surface area contributed by atoms with Crippen LogP contribution in [0.25, 0.3) is 10.8 Å². The number of hydrogen-bond acceptors (Lipinski definition) is 3. The molecule has 0 aliphatic rings. The summed E-state index contributed by atoms with van der Waals surface area (Å²) in [5, 5.41) is 1.09. The number of rotatable bonds is 5. The van der Waals surface area contributed by atoms with Gasteiger partial charge in [0.1, 0.15) is 6.54 Å². The fourth-order valence-corrected chi connectivity index (χ4v) is 4.36. The molecule has 128 valence electrons. The minimum Gasteiger partial charge on any atom is -0.279 e. The normalized spacial score (nSPS) is 11.4. The third-order valence-corrected chi connectivity index (χ3v) is 6.13. The second-order valence-electron chi connectivity index (χ2n) is 5.35. The highest BCUT2D eigenvalue weighted by Gasteiger charge is 2.26. The Kier molecular flexibility index (Phi) is 5.13. The molecule has 3 rings (SSSR count). The molecule has 0 bridgehead atoms. The molecule has 0 N–H and O–H groups in total. The zero-order valence-corrected chi connectivity index (χ0v) is 16.1. The molecule has 0 saturated heterocycles. The van der Waals surface area contributed by atoms with Crippen LogP contribution in [0.3, 0.4) is 0 Å². The van der Waals surface area contributed by atoms with Gasteiger partial charge >= 0.3 is 0 Å². The molecule has 0 unspecified atom stereocenters. The summed E-state index contributed by atoms with van der Waals surface area (Å²) in [6.45, 7) is -0.446. The number of halogens is 2. The van der Waals surface area contributed by atoms with E-state index in [1.165, 1.54) is 12.1 Å². The molecule has 0 heterocycles. The number of carbonyl (C=O) groups excluding carboxylic acids is 1. The monoisotopic (exact) mass is 437 g/mol. The molecule has 0 aliphatic carbocycles. The van der Waals surface area contributed by atoms with Crippen LogP contribution in [0, 0.1) is 0 Å². The Morgan fingerprint density at radius 1 is 0.960 bits per heavy atom. The van der Waals surface area contributed by atoms with Crippen molar-refractivity contribution in [2.45, 2.75) is 4.90 Å². The molecular weight excluding hydrogens is 426 g/mol. The second kappa shape index (κ2) is 7.15. The van der Waals surface area contributed by atoms with E-state index in [2.05, 4.69) is 15.9 Å². The van der Waals surface area contributed by atoms with Crippen LogP contribution in [0.2, 0.25) is 0 Å². The smallest absolute Gasteiger partial charge is 0.264 e. The fraction of sp³-hybridized carbons (Fsp3) is 0.0556. The van der Waals surface area contributed by atoms with Crippen LogP contribution in [0.1, 0.15) is 0 Å². The highest BCUT2D eigenvalue weighted by Crippen LogP contribution is 2.28. The largest absolute Gasteiger partial charge is 0.279 e. The summed E-state index contributed by atoms with van der Waals surface area (Å²) >= 11 is 8.78. The molecule has 0 aliphatic heterocycles. The summed E-state index contributed by atoms with van der Waals surface area (Å²) in [6.07, 6.45) is 0. The van der Waals surface area contributed by atoms with E-state index in [0.717, 1.165) is 19.6 Å². The number of benzene rings is 3. The van der Waals surface area contributed by atoms with Crippen LogP contribution in [-0.4, -0.2) is 20.2 Å². The highest BCUT2D eigenvalue weighted by molar-refractivity contribution is 9.10. The second-order valence-corrected chi connectivity index (χ2v) is 8.55. The van der Waals surface area contributed by atoms with E-state index in [1.54, 1.807) is 24.3 Å². The van der Waals surface area contributed by atoms with Gasteiger partial charge in [-0.2, -0.15) is 0 Å². The molecule has 4 nitrogen and oxygen atoms in total. The van der Waals surface area contributed by atoms with Crippen LogP contribution in [0.15, 0.2) is 76.1 Å². The number of hydrogen-bond donors (Lipinski definition) is 0. The van der Waals surface area contributed by atoms with Crippen LogP contribution in [0.4, 0.5) is 5.69 Å². The van der Waals surface area contributed by atoms with Gasteiger partial charge in [0.05, 0.1) is 10.6 Å². The molecule has 0 aromatic heterocycles. The van der Waals surface area contributed by atoms with Gasteiger partial charge in [-0.25, -0.2) is 8.42 Å². The van der Waals surface area contributed by atoms with Gasteiger partial charge in [-0.15, -0.1) is 0 Å². The number of anilines is 1.